The fraction of sp³-hybridized carbons (Fsp3) is 0.297. The molecule has 1 fully saturated rings. The minimum absolute atomic E-state index is 0.0403. The molecule has 0 saturated carbocycles. The number of nitrogens with zero attached hydrogens (tertiary/aromatic N) is 1. The van der Waals surface area contributed by atoms with Gasteiger partial charge in [-0.25, -0.2) is 4.79 Å². The maximum Gasteiger partial charge on any atom is 0.319 e. The molecule has 44 heavy (non-hydrogen) atoms. The fourth-order valence-corrected chi connectivity index (χ4v) is 5.52. The van der Waals surface area contributed by atoms with Gasteiger partial charge in [0.15, 0.2) is 0 Å². The number of carbonyl (C=O) groups is 2. The van der Waals surface area contributed by atoms with E-state index in [0.29, 0.717) is 17.4 Å². The summed E-state index contributed by atoms with van der Waals surface area (Å²) in [5, 5.41) is 9.19. The number of hydrogen-bond acceptors (Lipinski definition) is 4. The Morgan fingerprint density at radius 2 is 1.43 bits per heavy atom. The number of hydrogen-bond donors (Lipinski definition) is 3. The van der Waals surface area contributed by atoms with Crippen LogP contribution in [0.2, 0.25) is 0 Å². The second-order valence-corrected chi connectivity index (χ2v) is 11.7. The van der Waals surface area contributed by atoms with Gasteiger partial charge in [-0.05, 0) is 97.9 Å². The molecule has 0 aliphatic carbocycles. The van der Waals surface area contributed by atoms with Gasteiger partial charge in [-0.2, -0.15) is 0 Å². The third-order valence-electron chi connectivity index (χ3n) is 8.07. The third kappa shape index (κ3) is 8.94. The largest absolute Gasteiger partial charge is 0.457 e. The summed E-state index contributed by atoms with van der Waals surface area (Å²) in [5.41, 5.74) is 3.94. The number of carbonyl (C=O) groups excluding carboxylic acids is 2. The number of benzene rings is 4. The van der Waals surface area contributed by atoms with E-state index in [4.69, 9.17) is 4.74 Å². The van der Waals surface area contributed by atoms with Crippen LogP contribution in [0.1, 0.15) is 56.2 Å². The second kappa shape index (κ2) is 15.2. The number of nitrogens with one attached hydrogen (secondary N) is 3. The van der Waals surface area contributed by atoms with Gasteiger partial charge in [0.05, 0.1) is 6.04 Å². The molecule has 3 N–H and O–H groups in total. The minimum atomic E-state index is -0.237. The average molecular weight is 591 g/mol. The number of likely N-dealkylation sites (tertiary alicyclic amines) is 1. The van der Waals surface area contributed by atoms with Crippen molar-refractivity contribution in [2.45, 2.75) is 45.1 Å². The van der Waals surface area contributed by atoms with E-state index in [9.17, 15) is 9.59 Å². The molecule has 1 aliphatic heterocycles. The van der Waals surface area contributed by atoms with Crippen molar-refractivity contribution in [3.05, 3.63) is 120 Å². The van der Waals surface area contributed by atoms with Gasteiger partial charge in [-0.1, -0.05) is 74.5 Å². The van der Waals surface area contributed by atoms with Crippen molar-refractivity contribution in [3.8, 4) is 11.5 Å². The number of amides is 3. The van der Waals surface area contributed by atoms with E-state index < -0.39 is 0 Å². The Morgan fingerprint density at radius 1 is 0.773 bits per heavy atom. The highest BCUT2D eigenvalue weighted by atomic mass is 16.5. The lowest BCUT2D eigenvalue weighted by Crippen LogP contribution is -2.37. The molecule has 7 nitrogen and oxygen atoms in total. The summed E-state index contributed by atoms with van der Waals surface area (Å²) in [6, 6.07) is 35.1. The molecule has 0 aromatic heterocycles. The normalized spacial score (nSPS) is 14.5. The number of ether oxygens (including phenoxy) is 1. The van der Waals surface area contributed by atoms with Gasteiger partial charge in [0, 0.05) is 23.8 Å². The quantitative estimate of drug-likeness (QED) is 0.164. The minimum Gasteiger partial charge on any atom is -0.457 e. The van der Waals surface area contributed by atoms with Gasteiger partial charge >= 0.3 is 6.03 Å². The smallest absolute Gasteiger partial charge is 0.319 e. The maximum atomic E-state index is 13.1. The van der Waals surface area contributed by atoms with Crippen molar-refractivity contribution in [1.82, 2.24) is 10.2 Å². The predicted octanol–water partition coefficient (Wildman–Crippen LogP) is 8.21. The molecule has 1 atom stereocenters. The molecule has 1 aliphatic rings. The zero-order chi connectivity index (χ0) is 30.7. The van der Waals surface area contributed by atoms with Crippen LogP contribution in [0.15, 0.2) is 109 Å². The molecule has 4 aromatic rings. The molecule has 1 saturated heterocycles. The first kappa shape index (κ1) is 30.8. The number of anilines is 2. The van der Waals surface area contributed by atoms with Crippen LogP contribution in [0.4, 0.5) is 16.2 Å². The average Bonchev–Trinajstić information content (AvgIpc) is 3.05. The highest BCUT2D eigenvalue weighted by Gasteiger charge is 2.23. The van der Waals surface area contributed by atoms with Crippen molar-refractivity contribution in [3.63, 3.8) is 0 Å². The van der Waals surface area contributed by atoms with Crippen LogP contribution in [0.25, 0.3) is 0 Å². The maximum absolute atomic E-state index is 13.1. The monoisotopic (exact) mass is 590 g/mol. The van der Waals surface area contributed by atoms with Crippen LogP contribution in [-0.4, -0.2) is 36.5 Å². The highest BCUT2D eigenvalue weighted by molar-refractivity contribution is 5.92. The lowest BCUT2D eigenvalue weighted by molar-refractivity contribution is -0.118. The Bertz CT molecular complexity index is 1480. The van der Waals surface area contributed by atoms with E-state index in [1.165, 1.54) is 5.56 Å². The Kier molecular flexibility index (Phi) is 10.7. The molecule has 0 spiro atoms. The zero-order valence-electron chi connectivity index (χ0n) is 25.5. The van der Waals surface area contributed by atoms with Crippen LogP contribution >= 0.6 is 0 Å². The Balaban J connectivity index is 1.13. The number of piperidine rings is 1. The van der Waals surface area contributed by atoms with Crippen molar-refractivity contribution in [2.75, 3.05) is 30.3 Å². The van der Waals surface area contributed by atoms with Crippen molar-refractivity contribution < 1.29 is 14.3 Å². The van der Waals surface area contributed by atoms with E-state index in [1.54, 1.807) is 0 Å². The fourth-order valence-electron chi connectivity index (χ4n) is 5.52. The van der Waals surface area contributed by atoms with E-state index >= 15 is 0 Å². The molecular weight excluding hydrogens is 548 g/mol. The van der Waals surface area contributed by atoms with Crippen molar-refractivity contribution in [1.29, 1.82) is 0 Å². The summed E-state index contributed by atoms with van der Waals surface area (Å²) >= 11 is 0. The first-order valence-electron chi connectivity index (χ1n) is 15.5. The molecule has 5 rings (SSSR count). The topological polar surface area (TPSA) is 82.7 Å². The van der Waals surface area contributed by atoms with Gasteiger partial charge in [0.1, 0.15) is 11.5 Å². The number of urea groups is 1. The van der Waals surface area contributed by atoms with E-state index in [0.717, 1.165) is 55.9 Å². The van der Waals surface area contributed by atoms with Crippen molar-refractivity contribution >= 4 is 23.3 Å². The second-order valence-electron chi connectivity index (χ2n) is 11.7. The SMILES string of the molecule is CC(C)C(=O)Nc1cccc(C2CCN(CC[C@H](NC(=O)Nc3ccc(Oc4ccccc4)cc3)c3ccccc3)CC2)c1. The van der Waals surface area contributed by atoms with Crippen LogP contribution in [0.5, 0.6) is 11.5 Å². The molecule has 0 bridgehead atoms. The van der Waals surface area contributed by atoms with Gasteiger partial charge in [-0.15, -0.1) is 0 Å². The molecule has 228 valence electrons. The van der Waals surface area contributed by atoms with Crippen LogP contribution < -0.4 is 20.7 Å². The first-order chi connectivity index (χ1) is 21.4. The standard InChI is InChI=1S/C37H42N4O3/c1-27(2)36(42)38-32-13-9-12-30(26-32)28-20-23-41(24-21-28)25-22-35(29-10-5-3-6-11-29)40-37(43)39-31-16-18-34(19-17-31)44-33-14-7-4-8-15-33/h3-19,26-28,35H,20-25H2,1-2H3,(H,38,42)(H2,39,40,43)/t35-/m0/s1. The molecule has 7 heteroatoms. The first-order valence-corrected chi connectivity index (χ1v) is 15.5. The van der Waals surface area contributed by atoms with E-state index in [2.05, 4.69) is 45.1 Å². The number of para-hydroxylation sites is 1. The molecule has 0 unspecified atom stereocenters. The summed E-state index contributed by atoms with van der Waals surface area (Å²) in [6.45, 7) is 6.70. The molecule has 1 heterocycles. The summed E-state index contributed by atoms with van der Waals surface area (Å²) < 4.78 is 5.86. The van der Waals surface area contributed by atoms with Gasteiger partial charge in [0.2, 0.25) is 5.91 Å². The Morgan fingerprint density at radius 3 is 2.11 bits per heavy atom. The Labute approximate surface area is 260 Å². The lowest BCUT2D eigenvalue weighted by Gasteiger charge is -2.33. The summed E-state index contributed by atoms with van der Waals surface area (Å²) in [7, 11) is 0. The third-order valence-corrected chi connectivity index (χ3v) is 8.07. The molecule has 0 radical (unpaired) electrons. The predicted molar refractivity (Wildman–Crippen MR) is 177 cm³/mol. The van der Waals surface area contributed by atoms with Gasteiger partial charge in [-0.3, -0.25) is 4.79 Å². The Hall–Kier alpha value is -4.62. The van der Waals surface area contributed by atoms with Crippen molar-refractivity contribution in [2.24, 2.45) is 5.92 Å². The van der Waals surface area contributed by atoms with E-state index in [1.807, 2.05) is 98.8 Å². The molecule has 4 aromatic carbocycles. The van der Waals surface area contributed by atoms with Crippen LogP contribution in [0, 0.1) is 5.92 Å². The summed E-state index contributed by atoms with van der Waals surface area (Å²) in [6.07, 6.45) is 2.94. The summed E-state index contributed by atoms with van der Waals surface area (Å²) in [5.74, 6) is 1.94. The molecule has 3 amide bonds. The molecular formula is C37H42N4O3. The van der Waals surface area contributed by atoms with Gasteiger partial charge in [0.25, 0.3) is 0 Å². The number of rotatable bonds is 11. The zero-order valence-corrected chi connectivity index (χ0v) is 25.5. The van der Waals surface area contributed by atoms with E-state index in [-0.39, 0.29) is 23.9 Å². The van der Waals surface area contributed by atoms with Crippen LogP contribution in [0.3, 0.4) is 0 Å². The van der Waals surface area contributed by atoms with Gasteiger partial charge < -0.3 is 25.6 Å². The highest BCUT2D eigenvalue weighted by Crippen LogP contribution is 2.30. The lowest BCUT2D eigenvalue weighted by atomic mass is 9.89. The summed E-state index contributed by atoms with van der Waals surface area (Å²) in [4.78, 5) is 27.7. The van der Waals surface area contributed by atoms with Crippen LogP contribution in [-0.2, 0) is 4.79 Å².